The van der Waals surface area contributed by atoms with Gasteiger partial charge < -0.3 is 5.41 Å². The van der Waals surface area contributed by atoms with E-state index in [4.69, 9.17) is 5.41 Å². The number of nitrogens with zero attached hydrogens (tertiary/aromatic N) is 1. The molecule has 0 radical (unpaired) electrons. The van der Waals surface area contributed by atoms with Gasteiger partial charge in [0.15, 0.2) is 0 Å². The fraction of sp³-hybridized carbons (Fsp3) is 0.273. The minimum Gasteiger partial charge on any atom is -0.308 e. The Labute approximate surface area is 150 Å². The van der Waals surface area contributed by atoms with Crippen LogP contribution in [-0.2, 0) is 4.79 Å². The number of carbonyl (C=O) groups excluding carboxylic acids is 1. The van der Waals surface area contributed by atoms with E-state index < -0.39 is 0 Å². The Bertz CT molecular complexity index is 719. The highest BCUT2D eigenvalue weighted by Crippen LogP contribution is 2.19. The zero-order valence-electron chi connectivity index (χ0n) is 15.0. The largest absolute Gasteiger partial charge is 0.308 e. The molecule has 25 heavy (non-hydrogen) atoms. The zero-order valence-corrected chi connectivity index (χ0v) is 15.0. The van der Waals surface area contributed by atoms with Crippen molar-refractivity contribution in [1.82, 2.24) is 4.90 Å². The Balaban J connectivity index is 0.000000186. The van der Waals surface area contributed by atoms with Crippen molar-refractivity contribution in [3.8, 4) is 11.1 Å². The Morgan fingerprint density at radius 3 is 2.24 bits per heavy atom. The number of likely N-dealkylation sites (tertiary alicyclic amines) is 1. The van der Waals surface area contributed by atoms with Crippen LogP contribution in [-0.4, -0.2) is 36.0 Å². The molecule has 2 aromatic rings. The third-order valence-electron chi connectivity index (χ3n) is 4.32. The van der Waals surface area contributed by atoms with Crippen LogP contribution in [0, 0.1) is 5.41 Å². The lowest BCUT2D eigenvalue weighted by atomic mass is 10.0. The molecule has 0 spiro atoms. The van der Waals surface area contributed by atoms with Crippen molar-refractivity contribution in [2.75, 3.05) is 13.6 Å². The monoisotopic (exact) mass is 334 g/mol. The maximum absolute atomic E-state index is 10.8. The van der Waals surface area contributed by atoms with E-state index in [-0.39, 0.29) is 5.78 Å². The summed E-state index contributed by atoms with van der Waals surface area (Å²) in [5.41, 5.74) is 4.41. The first-order valence-corrected chi connectivity index (χ1v) is 8.53. The van der Waals surface area contributed by atoms with E-state index in [0.717, 1.165) is 24.2 Å². The summed E-state index contributed by atoms with van der Waals surface area (Å²) in [6, 6.07) is 19.0. The number of ketones is 1. The Hall–Kier alpha value is -2.52. The van der Waals surface area contributed by atoms with E-state index in [9.17, 15) is 4.79 Å². The first kappa shape index (κ1) is 18.8. The Kier molecular flexibility index (Phi) is 6.84. The van der Waals surface area contributed by atoms with Crippen molar-refractivity contribution in [1.29, 1.82) is 5.41 Å². The first-order valence-electron chi connectivity index (χ1n) is 8.53. The van der Waals surface area contributed by atoms with Gasteiger partial charge in [0.2, 0.25) is 0 Å². The summed E-state index contributed by atoms with van der Waals surface area (Å²) in [6.07, 6.45) is 3.23. The first-order chi connectivity index (χ1) is 12.0. The van der Waals surface area contributed by atoms with Gasteiger partial charge in [-0.3, -0.25) is 9.69 Å². The molecule has 1 fully saturated rings. The maximum atomic E-state index is 10.8. The highest BCUT2D eigenvalue weighted by Gasteiger charge is 2.25. The fourth-order valence-electron chi connectivity index (χ4n) is 2.94. The second-order valence-corrected chi connectivity index (χ2v) is 6.47. The van der Waals surface area contributed by atoms with E-state index in [2.05, 4.69) is 60.0 Å². The maximum Gasteiger partial charge on any atom is 0.131 e. The van der Waals surface area contributed by atoms with Crippen molar-refractivity contribution in [2.45, 2.75) is 25.8 Å². The van der Waals surface area contributed by atoms with Gasteiger partial charge in [0.05, 0.1) is 0 Å². The lowest BCUT2D eigenvalue weighted by Gasteiger charge is -2.16. The summed E-state index contributed by atoms with van der Waals surface area (Å²) in [4.78, 5) is 12.8. The van der Waals surface area contributed by atoms with Crippen LogP contribution in [0.2, 0.25) is 0 Å². The van der Waals surface area contributed by atoms with Gasteiger partial charge in [-0.1, -0.05) is 67.3 Å². The van der Waals surface area contributed by atoms with Crippen LogP contribution in [0.1, 0.15) is 25.3 Å². The van der Waals surface area contributed by atoms with Gasteiger partial charge in [-0.2, -0.15) is 0 Å². The molecule has 3 heteroatoms. The van der Waals surface area contributed by atoms with Crippen molar-refractivity contribution >= 4 is 17.6 Å². The Morgan fingerprint density at radius 1 is 1.16 bits per heavy atom. The van der Waals surface area contributed by atoms with Crippen LogP contribution >= 0.6 is 0 Å². The van der Waals surface area contributed by atoms with E-state index in [0.29, 0.717) is 12.5 Å². The lowest BCUT2D eigenvalue weighted by molar-refractivity contribution is -0.117. The van der Waals surface area contributed by atoms with Crippen LogP contribution in [0.3, 0.4) is 0 Å². The van der Waals surface area contributed by atoms with Crippen LogP contribution in [0.4, 0.5) is 0 Å². The van der Waals surface area contributed by atoms with Crippen LogP contribution < -0.4 is 0 Å². The highest BCUT2D eigenvalue weighted by molar-refractivity contribution is 5.87. The lowest BCUT2D eigenvalue weighted by Crippen LogP contribution is -2.26. The SMILES string of the molecule is C=Cc1ccc(-c2ccccc2)cc1.CC(=O)CC1CC(=N)CN1C. The van der Waals surface area contributed by atoms with Crippen LogP contribution in [0.5, 0.6) is 0 Å². The smallest absolute Gasteiger partial charge is 0.131 e. The number of benzene rings is 2. The molecule has 3 nitrogen and oxygen atoms in total. The topological polar surface area (TPSA) is 44.2 Å². The molecule has 1 heterocycles. The molecule has 0 bridgehead atoms. The summed E-state index contributed by atoms with van der Waals surface area (Å²) >= 11 is 0. The van der Waals surface area contributed by atoms with Crippen molar-refractivity contribution in [3.05, 3.63) is 66.7 Å². The summed E-state index contributed by atoms with van der Waals surface area (Å²) in [5, 5.41) is 7.40. The van der Waals surface area contributed by atoms with Crippen molar-refractivity contribution in [2.24, 2.45) is 0 Å². The third-order valence-corrected chi connectivity index (χ3v) is 4.32. The van der Waals surface area contributed by atoms with E-state index in [1.807, 2.05) is 19.2 Å². The number of nitrogens with one attached hydrogen (secondary N) is 1. The average molecular weight is 334 g/mol. The summed E-state index contributed by atoms with van der Waals surface area (Å²) < 4.78 is 0. The van der Waals surface area contributed by atoms with Crippen molar-refractivity contribution < 1.29 is 4.79 Å². The standard InChI is InChI=1S/C14H12.C8H14N2O/c1-2-12-8-10-14(11-9-12)13-6-4-3-5-7-13;1-6(11)3-8-4-7(9)5-10(8)2/h2-11H,1H2;8-9H,3-5H2,1-2H3. The molecule has 0 aromatic heterocycles. The second-order valence-electron chi connectivity index (χ2n) is 6.47. The predicted molar refractivity (Wildman–Crippen MR) is 106 cm³/mol. The van der Waals surface area contributed by atoms with Gasteiger partial charge in [0.25, 0.3) is 0 Å². The minimum atomic E-state index is 0.219. The molecule has 2 aromatic carbocycles. The molecule has 1 unspecified atom stereocenters. The quantitative estimate of drug-likeness (QED) is 0.882. The van der Waals surface area contributed by atoms with Gasteiger partial charge in [-0.15, -0.1) is 0 Å². The normalized spacial score (nSPS) is 16.9. The van der Waals surface area contributed by atoms with E-state index >= 15 is 0 Å². The number of hydrogen-bond acceptors (Lipinski definition) is 3. The molecule has 1 saturated heterocycles. The number of hydrogen-bond donors (Lipinski definition) is 1. The second kappa shape index (κ2) is 9.09. The minimum absolute atomic E-state index is 0.219. The zero-order chi connectivity index (χ0) is 18.2. The van der Waals surface area contributed by atoms with Gasteiger partial charge in [0, 0.05) is 31.1 Å². The average Bonchev–Trinajstić information content (AvgIpc) is 2.93. The molecule has 0 amide bonds. The number of carbonyl (C=O) groups is 1. The third kappa shape index (κ3) is 5.80. The molecular formula is C22H26N2O. The molecule has 0 aliphatic carbocycles. The molecule has 1 N–H and O–H groups in total. The van der Waals surface area contributed by atoms with Crippen LogP contribution in [0.25, 0.3) is 17.2 Å². The molecular weight excluding hydrogens is 308 g/mol. The van der Waals surface area contributed by atoms with Gasteiger partial charge in [-0.25, -0.2) is 0 Å². The molecule has 0 saturated carbocycles. The molecule has 1 atom stereocenters. The van der Waals surface area contributed by atoms with Gasteiger partial charge >= 0.3 is 0 Å². The summed E-state index contributed by atoms with van der Waals surface area (Å²) in [7, 11) is 1.97. The highest BCUT2D eigenvalue weighted by atomic mass is 16.1. The predicted octanol–water partition coefficient (Wildman–Crippen LogP) is 4.69. The number of rotatable bonds is 4. The fourth-order valence-corrected chi connectivity index (χ4v) is 2.94. The summed E-state index contributed by atoms with van der Waals surface area (Å²) in [6.45, 7) is 6.07. The van der Waals surface area contributed by atoms with Crippen molar-refractivity contribution in [3.63, 3.8) is 0 Å². The van der Waals surface area contributed by atoms with Gasteiger partial charge in [-0.05, 0) is 30.7 Å². The van der Waals surface area contributed by atoms with Crippen LogP contribution in [0.15, 0.2) is 61.2 Å². The molecule has 3 rings (SSSR count). The van der Waals surface area contributed by atoms with E-state index in [1.54, 1.807) is 6.92 Å². The molecule has 1 aliphatic rings. The van der Waals surface area contributed by atoms with Gasteiger partial charge in [0.1, 0.15) is 5.78 Å². The van der Waals surface area contributed by atoms with E-state index in [1.165, 1.54) is 11.1 Å². The number of Topliss-reactive ketones (excluding diaryl/α,β-unsaturated/α-hetero) is 1. The Morgan fingerprint density at radius 2 is 1.76 bits per heavy atom. The molecule has 1 aliphatic heterocycles. The summed E-state index contributed by atoms with van der Waals surface area (Å²) in [5.74, 6) is 0.219. The molecule has 130 valence electrons.